The Balaban J connectivity index is 0.000000197. The Morgan fingerprint density at radius 2 is 1.30 bits per heavy atom. The van der Waals surface area contributed by atoms with Gasteiger partial charge in [-0.25, -0.2) is 0 Å². The van der Waals surface area contributed by atoms with E-state index < -0.39 is 0 Å². The summed E-state index contributed by atoms with van der Waals surface area (Å²) in [5.74, 6) is 0. The van der Waals surface area contributed by atoms with Gasteiger partial charge < -0.3 is 0 Å². The second-order valence-corrected chi connectivity index (χ2v) is 8.37. The zero-order valence-electron chi connectivity index (χ0n) is 17.0. The van der Waals surface area contributed by atoms with E-state index in [0.29, 0.717) is 0 Å². The molecular weight excluding hydrogens is 324 g/mol. The molecule has 0 amide bonds. The van der Waals surface area contributed by atoms with E-state index in [1.54, 1.807) is 0 Å². The molecule has 0 N–H and O–H groups in total. The molecule has 0 radical (unpaired) electrons. The Hall–Kier alpha value is -2.60. The van der Waals surface area contributed by atoms with Gasteiger partial charge in [-0.2, -0.15) is 0 Å². The molecular formula is C27H30. The Bertz CT molecular complexity index is 918. The Labute approximate surface area is 164 Å². The van der Waals surface area contributed by atoms with Crippen LogP contribution in [0, 0.1) is 6.92 Å². The molecule has 0 fully saturated rings. The van der Waals surface area contributed by atoms with Crippen molar-refractivity contribution in [2.45, 2.75) is 44.9 Å². The summed E-state index contributed by atoms with van der Waals surface area (Å²) in [6, 6.07) is 28.0. The molecule has 0 saturated carbocycles. The van der Waals surface area contributed by atoms with Gasteiger partial charge in [-0.1, -0.05) is 112 Å². The average molecular weight is 355 g/mol. The molecule has 1 unspecified atom stereocenters. The number of hydrogen-bond donors (Lipinski definition) is 0. The molecule has 4 rings (SSSR count). The van der Waals surface area contributed by atoms with Crippen molar-refractivity contribution in [2.75, 3.05) is 0 Å². The van der Waals surface area contributed by atoms with Crippen LogP contribution in [0.1, 0.15) is 55.0 Å². The molecule has 1 aliphatic carbocycles. The fourth-order valence-electron chi connectivity index (χ4n) is 4.51. The smallest absolute Gasteiger partial charge is 0.0185 e. The van der Waals surface area contributed by atoms with Crippen LogP contribution in [0.25, 0.3) is 6.08 Å². The second kappa shape index (κ2) is 7.56. The van der Waals surface area contributed by atoms with E-state index in [4.69, 9.17) is 0 Å². The minimum atomic E-state index is 0.154. The number of hydrogen-bond acceptors (Lipinski definition) is 0. The van der Waals surface area contributed by atoms with E-state index in [1.807, 2.05) is 18.2 Å². The lowest BCUT2D eigenvalue weighted by atomic mass is 9.75. The monoisotopic (exact) mass is 354 g/mol. The third kappa shape index (κ3) is 3.76. The van der Waals surface area contributed by atoms with Crippen LogP contribution in [0.3, 0.4) is 0 Å². The highest BCUT2D eigenvalue weighted by atomic mass is 14.5. The van der Waals surface area contributed by atoms with E-state index in [0.717, 1.165) is 0 Å². The Kier molecular flexibility index (Phi) is 5.37. The van der Waals surface area contributed by atoms with Gasteiger partial charge in [0.2, 0.25) is 0 Å². The maximum absolute atomic E-state index is 3.69. The van der Waals surface area contributed by atoms with Gasteiger partial charge in [0.25, 0.3) is 0 Å². The summed E-state index contributed by atoms with van der Waals surface area (Å²) in [5.41, 5.74) is 7.37. The van der Waals surface area contributed by atoms with Gasteiger partial charge in [-0.05, 0) is 46.6 Å². The summed E-state index contributed by atoms with van der Waals surface area (Å²) >= 11 is 0. The summed E-state index contributed by atoms with van der Waals surface area (Å²) in [6.45, 7) is 12.9. The first kappa shape index (κ1) is 19.2. The molecule has 0 saturated heterocycles. The first-order valence-electron chi connectivity index (χ1n) is 9.72. The lowest BCUT2D eigenvalue weighted by Crippen LogP contribution is -2.23. The summed E-state index contributed by atoms with van der Waals surface area (Å²) < 4.78 is 0. The molecule has 1 atom stereocenters. The maximum Gasteiger partial charge on any atom is 0.0185 e. The third-order valence-electron chi connectivity index (χ3n) is 5.87. The summed E-state index contributed by atoms with van der Waals surface area (Å²) in [4.78, 5) is 0. The highest BCUT2D eigenvalue weighted by Crippen LogP contribution is 2.52. The van der Waals surface area contributed by atoms with Gasteiger partial charge in [0.15, 0.2) is 0 Å². The van der Waals surface area contributed by atoms with Gasteiger partial charge in [0.05, 0.1) is 0 Å². The number of aryl methyl sites for hydroxylation is 1. The predicted octanol–water partition coefficient (Wildman–Crippen LogP) is 7.31. The second-order valence-electron chi connectivity index (χ2n) is 8.37. The van der Waals surface area contributed by atoms with Crippen LogP contribution in [0.2, 0.25) is 0 Å². The molecule has 1 aliphatic rings. The van der Waals surface area contributed by atoms with Crippen LogP contribution in [0.4, 0.5) is 0 Å². The van der Waals surface area contributed by atoms with Crippen molar-refractivity contribution < 1.29 is 0 Å². The molecule has 0 aromatic heterocycles. The van der Waals surface area contributed by atoms with E-state index in [2.05, 4.69) is 101 Å². The van der Waals surface area contributed by atoms with Gasteiger partial charge in [0.1, 0.15) is 0 Å². The molecule has 0 aliphatic heterocycles. The zero-order chi connectivity index (χ0) is 19.5. The normalized spacial score (nSPS) is 19.6. The van der Waals surface area contributed by atoms with Crippen LogP contribution in [0.15, 0.2) is 85.4 Å². The van der Waals surface area contributed by atoms with Crippen LogP contribution < -0.4 is 0 Å². The molecule has 3 aromatic rings. The van der Waals surface area contributed by atoms with Gasteiger partial charge in [-0.3, -0.25) is 0 Å². The minimum absolute atomic E-state index is 0.154. The molecule has 0 heteroatoms. The molecule has 0 bridgehead atoms. The fraction of sp³-hybridized carbons (Fsp3) is 0.259. The quantitative estimate of drug-likeness (QED) is 0.452. The summed E-state index contributed by atoms with van der Waals surface area (Å²) in [6.07, 6.45) is 3.05. The highest BCUT2D eigenvalue weighted by molar-refractivity contribution is 5.52. The lowest BCUT2D eigenvalue weighted by molar-refractivity contribution is 0.425. The standard InChI is InChI=1S/C18H20.C9H10/c1-17(2)13-18(3,14-9-5-4-6-10-14)16-12-8-7-11-15(16)17;1-3-9-7-5-4-6-8(9)2/h4-12H,13H2,1-3H3;3-7H,1H2,2H3. The minimum Gasteiger partial charge on any atom is -0.0985 e. The van der Waals surface area contributed by atoms with Crippen molar-refractivity contribution in [1.82, 2.24) is 0 Å². The van der Waals surface area contributed by atoms with Gasteiger partial charge >= 0.3 is 0 Å². The zero-order valence-corrected chi connectivity index (χ0v) is 17.0. The molecule has 0 heterocycles. The Morgan fingerprint density at radius 3 is 1.89 bits per heavy atom. The van der Waals surface area contributed by atoms with Crippen molar-refractivity contribution in [3.63, 3.8) is 0 Å². The fourth-order valence-corrected chi connectivity index (χ4v) is 4.51. The van der Waals surface area contributed by atoms with Crippen molar-refractivity contribution in [3.05, 3.63) is 113 Å². The highest BCUT2D eigenvalue weighted by Gasteiger charge is 2.45. The maximum atomic E-state index is 3.69. The van der Waals surface area contributed by atoms with Crippen LogP contribution >= 0.6 is 0 Å². The molecule has 0 spiro atoms. The third-order valence-corrected chi connectivity index (χ3v) is 5.87. The van der Waals surface area contributed by atoms with E-state index in [1.165, 1.54) is 34.2 Å². The van der Waals surface area contributed by atoms with Crippen molar-refractivity contribution >= 4 is 6.08 Å². The van der Waals surface area contributed by atoms with Crippen molar-refractivity contribution in [1.29, 1.82) is 0 Å². The molecule has 3 aromatic carbocycles. The molecule has 0 nitrogen and oxygen atoms in total. The predicted molar refractivity (Wildman–Crippen MR) is 118 cm³/mol. The van der Waals surface area contributed by atoms with Crippen molar-refractivity contribution in [2.24, 2.45) is 0 Å². The SMILES string of the molecule is C=Cc1ccccc1C.CC1(C)CC(C)(c2ccccc2)c2ccccc21. The van der Waals surface area contributed by atoms with Crippen LogP contribution in [0.5, 0.6) is 0 Å². The van der Waals surface area contributed by atoms with Crippen molar-refractivity contribution in [3.8, 4) is 0 Å². The Morgan fingerprint density at radius 1 is 0.741 bits per heavy atom. The van der Waals surface area contributed by atoms with E-state index >= 15 is 0 Å². The van der Waals surface area contributed by atoms with E-state index in [-0.39, 0.29) is 10.8 Å². The topological polar surface area (TPSA) is 0 Å². The molecule has 138 valence electrons. The lowest BCUT2D eigenvalue weighted by Gasteiger charge is -2.28. The van der Waals surface area contributed by atoms with Crippen LogP contribution in [-0.4, -0.2) is 0 Å². The van der Waals surface area contributed by atoms with E-state index in [9.17, 15) is 0 Å². The average Bonchev–Trinajstić information content (AvgIpc) is 2.91. The number of fused-ring (bicyclic) bond motifs is 1. The summed E-state index contributed by atoms with van der Waals surface area (Å²) in [7, 11) is 0. The van der Waals surface area contributed by atoms with Gasteiger partial charge in [0, 0.05) is 5.41 Å². The first-order valence-corrected chi connectivity index (χ1v) is 9.72. The largest absolute Gasteiger partial charge is 0.0985 e. The van der Waals surface area contributed by atoms with Gasteiger partial charge in [-0.15, -0.1) is 0 Å². The molecule has 27 heavy (non-hydrogen) atoms. The number of benzene rings is 3. The first-order chi connectivity index (χ1) is 12.9. The van der Waals surface area contributed by atoms with Crippen LogP contribution in [-0.2, 0) is 10.8 Å². The number of rotatable bonds is 2. The summed E-state index contributed by atoms with van der Waals surface area (Å²) in [5, 5.41) is 0.